The summed E-state index contributed by atoms with van der Waals surface area (Å²) < 4.78 is 24.8. The summed E-state index contributed by atoms with van der Waals surface area (Å²) in [4.78, 5) is 25.0. The largest absolute Gasteiger partial charge is 0.467 e. The minimum atomic E-state index is -0.583. The fourth-order valence-electron chi connectivity index (χ4n) is 2.73. The van der Waals surface area contributed by atoms with E-state index in [2.05, 4.69) is 20.9 Å². The van der Waals surface area contributed by atoms with Gasteiger partial charge in [0.05, 0.1) is 18.5 Å². The SMILES string of the molecule is Cn1cc(NC(=O)c2cc(-c3ccc(F)cc3)on2)c(C(=O)NCc2ccco2)n1. The van der Waals surface area contributed by atoms with E-state index in [4.69, 9.17) is 8.94 Å². The van der Waals surface area contributed by atoms with Crippen LogP contribution in [0.15, 0.2) is 63.9 Å². The molecule has 0 spiro atoms. The van der Waals surface area contributed by atoms with Gasteiger partial charge in [0.25, 0.3) is 11.8 Å². The molecule has 0 bridgehead atoms. The van der Waals surface area contributed by atoms with Crippen LogP contribution >= 0.6 is 0 Å². The standard InChI is InChI=1S/C20H16FN5O4/c1-26-11-16(18(24-26)20(28)22-10-14-3-2-8-29-14)23-19(27)15-9-17(30-25-15)12-4-6-13(21)7-5-12/h2-9,11H,10H2,1H3,(H,22,28)(H,23,27). The average molecular weight is 409 g/mol. The van der Waals surface area contributed by atoms with Crippen LogP contribution in [-0.4, -0.2) is 26.8 Å². The number of aromatic nitrogens is 3. The Balaban J connectivity index is 1.47. The zero-order valence-corrected chi connectivity index (χ0v) is 15.8. The van der Waals surface area contributed by atoms with Crippen molar-refractivity contribution in [2.45, 2.75) is 6.54 Å². The van der Waals surface area contributed by atoms with Gasteiger partial charge in [-0.3, -0.25) is 14.3 Å². The smallest absolute Gasteiger partial charge is 0.277 e. The van der Waals surface area contributed by atoms with Gasteiger partial charge in [-0.1, -0.05) is 5.16 Å². The van der Waals surface area contributed by atoms with Gasteiger partial charge in [0.15, 0.2) is 17.1 Å². The zero-order chi connectivity index (χ0) is 21.1. The predicted octanol–water partition coefficient (Wildman–Crippen LogP) is 2.99. The number of nitrogens with zero attached hydrogens (tertiary/aromatic N) is 3. The van der Waals surface area contributed by atoms with Crippen molar-refractivity contribution in [3.05, 3.63) is 77.9 Å². The molecule has 30 heavy (non-hydrogen) atoms. The molecule has 4 rings (SSSR count). The molecule has 0 aliphatic rings. The van der Waals surface area contributed by atoms with Crippen LogP contribution in [0.1, 0.15) is 26.7 Å². The van der Waals surface area contributed by atoms with Gasteiger partial charge in [-0.15, -0.1) is 0 Å². The molecule has 10 heteroatoms. The number of furan rings is 1. The Hall–Kier alpha value is -4.21. The summed E-state index contributed by atoms with van der Waals surface area (Å²) in [6.45, 7) is 0.181. The Morgan fingerprint density at radius 3 is 2.70 bits per heavy atom. The highest BCUT2D eigenvalue weighted by atomic mass is 19.1. The van der Waals surface area contributed by atoms with E-state index in [1.807, 2.05) is 0 Å². The molecule has 1 aromatic carbocycles. The molecule has 0 saturated heterocycles. The molecule has 0 saturated carbocycles. The first-order valence-electron chi connectivity index (χ1n) is 8.88. The number of rotatable bonds is 6. The third kappa shape index (κ3) is 4.12. The first-order chi connectivity index (χ1) is 14.5. The van der Waals surface area contributed by atoms with Crippen LogP contribution in [0.5, 0.6) is 0 Å². The molecule has 0 aliphatic heterocycles. The molecule has 2 amide bonds. The number of carbonyl (C=O) groups excluding carboxylic acids is 2. The lowest BCUT2D eigenvalue weighted by Crippen LogP contribution is -2.25. The topological polar surface area (TPSA) is 115 Å². The summed E-state index contributed by atoms with van der Waals surface area (Å²) in [6, 6.07) is 10.5. The molecule has 152 valence electrons. The van der Waals surface area contributed by atoms with Crippen molar-refractivity contribution in [3.8, 4) is 11.3 Å². The number of hydrogen-bond donors (Lipinski definition) is 2. The van der Waals surface area contributed by atoms with Gasteiger partial charge in [-0.05, 0) is 36.4 Å². The van der Waals surface area contributed by atoms with Gasteiger partial charge < -0.3 is 19.6 Å². The highest BCUT2D eigenvalue weighted by molar-refractivity contribution is 6.07. The van der Waals surface area contributed by atoms with Gasteiger partial charge in [0.1, 0.15) is 11.6 Å². The van der Waals surface area contributed by atoms with E-state index in [9.17, 15) is 14.0 Å². The number of carbonyl (C=O) groups is 2. The number of benzene rings is 1. The van der Waals surface area contributed by atoms with Crippen LogP contribution in [0, 0.1) is 5.82 Å². The maximum Gasteiger partial charge on any atom is 0.277 e. The fourth-order valence-corrected chi connectivity index (χ4v) is 2.73. The van der Waals surface area contributed by atoms with Crippen LogP contribution in [-0.2, 0) is 13.6 Å². The van der Waals surface area contributed by atoms with Crippen molar-refractivity contribution in [2.75, 3.05) is 5.32 Å². The summed E-state index contributed by atoms with van der Waals surface area (Å²) in [5, 5.41) is 13.1. The van der Waals surface area contributed by atoms with E-state index >= 15 is 0 Å². The minimum Gasteiger partial charge on any atom is -0.467 e. The summed E-state index contributed by atoms with van der Waals surface area (Å²) in [6.07, 6.45) is 3.01. The summed E-state index contributed by atoms with van der Waals surface area (Å²) in [5.74, 6) is -0.552. The Bertz CT molecular complexity index is 1180. The number of hydrogen-bond acceptors (Lipinski definition) is 6. The molecule has 3 aromatic heterocycles. The molecular formula is C20H16FN5O4. The summed E-state index contributed by atoms with van der Waals surface area (Å²) in [7, 11) is 1.63. The van der Waals surface area contributed by atoms with Gasteiger partial charge in [-0.2, -0.15) is 5.10 Å². The first-order valence-corrected chi connectivity index (χ1v) is 8.88. The lowest BCUT2D eigenvalue weighted by molar-refractivity contribution is 0.0943. The second kappa shape index (κ2) is 8.03. The summed E-state index contributed by atoms with van der Waals surface area (Å²) >= 11 is 0. The number of halogens is 1. The number of amides is 2. The lowest BCUT2D eigenvalue weighted by atomic mass is 10.1. The fraction of sp³-hybridized carbons (Fsp3) is 0.100. The lowest BCUT2D eigenvalue weighted by Gasteiger charge is -2.04. The third-order valence-corrected chi connectivity index (χ3v) is 4.17. The number of anilines is 1. The molecular weight excluding hydrogens is 393 g/mol. The van der Waals surface area contributed by atoms with E-state index in [-0.39, 0.29) is 29.4 Å². The average Bonchev–Trinajstić information content (AvgIpc) is 3.48. The van der Waals surface area contributed by atoms with Crippen LogP contribution in [0.4, 0.5) is 10.1 Å². The monoisotopic (exact) mass is 409 g/mol. The second-order valence-corrected chi connectivity index (χ2v) is 6.36. The zero-order valence-electron chi connectivity index (χ0n) is 15.8. The van der Waals surface area contributed by atoms with E-state index in [0.717, 1.165) is 0 Å². The van der Waals surface area contributed by atoms with Crippen molar-refractivity contribution in [1.82, 2.24) is 20.3 Å². The Labute approximate surface area is 169 Å². The summed E-state index contributed by atoms with van der Waals surface area (Å²) in [5.41, 5.74) is 0.827. The van der Waals surface area contributed by atoms with Gasteiger partial charge in [0.2, 0.25) is 0 Å². The van der Waals surface area contributed by atoms with Gasteiger partial charge >= 0.3 is 0 Å². The van der Waals surface area contributed by atoms with Crippen molar-refractivity contribution in [1.29, 1.82) is 0 Å². The molecule has 9 nitrogen and oxygen atoms in total. The molecule has 0 radical (unpaired) electrons. The maximum atomic E-state index is 13.1. The van der Waals surface area contributed by atoms with Gasteiger partial charge in [0, 0.05) is 24.9 Å². The van der Waals surface area contributed by atoms with Crippen molar-refractivity contribution < 1.29 is 22.9 Å². The molecule has 0 unspecified atom stereocenters. The Morgan fingerprint density at radius 1 is 1.17 bits per heavy atom. The normalized spacial score (nSPS) is 10.7. The molecule has 0 aliphatic carbocycles. The van der Waals surface area contributed by atoms with Crippen molar-refractivity contribution in [3.63, 3.8) is 0 Å². The van der Waals surface area contributed by atoms with E-state index < -0.39 is 11.8 Å². The quantitative estimate of drug-likeness (QED) is 0.506. The van der Waals surface area contributed by atoms with Crippen LogP contribution in [0.3, 0.4) is 0 Å². The Morgan fingerprint density at radius 2 is 1.97 bits per heavy atom. The molecule has 2 N–H and O–H groups in total. The predicted molar refractivity (Wildman–Crippen MR) is 103 cm³/mol. The van der Waals surface area contributed by atoms with Crippen LogP contribution in [0.25, 0.3) is 11.3 Å². The van der Waals surface area contributed by atoms with E-state index in [1.165, 1.54) is 47.5 Å². The second-order valence-electron chi connectivity index (χ2n) is 6.36. The van der Waals surface area contributed by atoms with Gasteiger partial charge in [-0.25, -0.2) is 4.39 Å². The van der Waals surface area contributed by atoms with E-state index in [1.54, 1.807) is 19.2 Å². The molecule has 0 fully saturated rings. The highest BCUT2D eigenvalue weighted by Gasteiger charge is 2.21. The maximum absolute atomic E-state index is 13.1. The molecule has 3 heterocycles. The highest BCUT2D eigenvalue weighted by Crippen LogP contribution is 2.22. The first kappa shape index (κ1) is 19.1. The van der Waals surface area contributed by atoms with E-state index in [0.29, 0.717) is 17.1 Å². The number of nitrogens with one attached hydrogen (secondary N) is 2. The third-order valence-electron chi connectivity index (χ3n) is 4.17. The molecule has 4 aromatic rings. The van der Waals surface area contributed by atoms with Crippen LogP contribution in [0.2, 0.25) is 0 Å². The minimum absolute atomic E-state index is 0.000113. The van der Waals surface area contributed by atoms with Crippen LogP contribution < -0.4 is 10.6 Å². The van der Waals surface area contributed by atoms with Crippen molar-refractivity contribution in [2.24, 2.45) is 7.05 Å². The molecule has 0 atom stereocenters. The van der Waals surface area contributed by atoms with Crippen molar-refractivity contribution >= 4 is 17.5 Å². The Kier molecular flexibility index (Phi) is 5.12. The number of aryl methyl sites for hydroxylation is 1.